The quantitative estimate of drug-likeness (QED) is 0.825. The molecule has 0 aliphatic heterocycles. The van der Waals surface area contributed by atoms with E-state index in [4.69, 9.17) is 5.26 Å². The van der Waals surface area contributed by atoms with Gasteiger partial charge in [0.15, 0.2) is 0 Å². The van der Waals surface area contributed by atoms with Crippen LogP contribution in [-0.2, 0) is 6.42 Å². The minimum Gasteiger partial charge on any atom is -0.354 e. The molecule has 2 rings (SSSR count). The van der Waals surface area contributed by atoms with Crippen molar-refractivity contribution < 1.29 is 0 Å². The maximum absolute atomic E-state index is 8.77. The maximum Gasteiger partial charge on any atom is 0.101 e. The number of aromatic nitrogens is 1. The lowest BCUT2D eigenvalue weighted by molar-refractivity contribution is 0.827. The normalized spacial score (nSPS) is 16.0. The first-order valence-electron chi connectivity index (χ1n) is 4.07. The average Bonchev–Trinajstić information content (AvgIpc) is 2.80. The molecule has 0 spiro atoms. The Morgan fingerprint density at radius 3 is 3.00 bits per heavy atom. The summed E-state index contributed by atoms with van der Waals surface area (Å²) in [7, 11) is 0. The van der Waals surface area contributed by atoms with Gasteiger partial charge in [-0.15, -0.1) is 0 Å². The molecule has 1 aromatic heterocycles. The van der Waals surface area contributed by atoms with E-state index in [1.807, 2.05) is 0 Å². The fourth-order valence-corrected chi connectivity index (χ4v) is 1.83. The Morgan fingerprint density at radius 2 is 2.42 bits per heavy atom. The monoisotopic (exact) mass is 224 g/mol. The summed E-state index contributed by atoms with van der Waals surface area (Å²) in [6, 6.07) is 2.19. The van der Waals surface area contributed by atoms with Crippen LogP contribution in [0.5, 0.6) is 0 Å². The van der Waals surface area contributed by atoms with Gasteiger partial charge in [-0.2, -0.15) is 5.26 Å². The molecule has 0 bridgehead atoms. The molecule has 1 aliphatic rings. The van der Waals surface area contributed by atoms with E-state index in [2.05, 4.69) is 27.0 Å². The molecule has 12 heavy (non-hydrogen) atoms. The third-order valence-corrected chi connectivity index (χ3v) is 2.95. The van der Waals surface area contributed by atoms with E-state index in [9.17, 15) is 0 Å². The van der Waals surface area contributed by atoms with Crippen LogP contribution >= 0.6 is 15.9 Å². The Bertz CT molecular complexity index is 331. The Labute approximate surface area is 79.7 Å². The number of halogens is 1. The van der Waals surface area contributed by atoms with Crippen LogP contribution in [0.4, 0.5) is 0 Å². The molecule has 3 heteroatoms. The molecule has 2 nitrogen and oxygen atoms in total. The Kier molecular flexibility index (Phi) is 1.93. The van der Waals surface area contributed by atoms with Crippen LogP contribution in [0.25, 0.3) is 0 Å². The second-order valence-corrected chi connectivity index (χ2v) is 4.05. The third-order valence-electron chi connectivity index (χ3n) is 2.24. The zero-order valence-electron chi connectivity index (χ0n) is 6.60. The molecule has 1 N–H and O–H groups in total. The van der Waals surface area contributed by atoms with Crippen molar-refractivity contribution in [1.29, 1.82) is 5.26 Å². The van der Waals surface area contributed by atoms with Gasteiger partial charge in [-0.25, -0.2) is 0 Å². The first-order chi connectivity index (χ1) is 5.81. The van der Waals surface area contributed by atoms with Crippen LogP contribution < -0.4 is 0 Å². The van der Waals surface area contributed by atoms with Gasteiger partial charge in [0.25, 0.3) is 0 Å². The Morgan fingerprint density at radius 1 is 1.67 bits per heavy atom. The molecule has 1 aromatic rings. The van der Waals surface area contributed by atoms with Crippen LogP contribution in [0.2, 0.25) is 0 Å². The van der Waals surface area contributed by atoms with Crippen molar-refractivity contribution in [3.05, 3.63) is 21.9 Å². The SMILES string of the molecule is N#Cc1c[nH]c(Br)c1CC1CC1. The van der Waals surface area contributed by atoms with Crippen molar-refractivity contribution in [2.75, 3.05) is 0 Å². The predicted octanol–water partition coefficient (Wildman–Crippen LogP) is 2.60. The van der Waals surface area contributed by atoms with Crippen LogP contribution in [0.15, 0.2) is 10.8 Å². The molecule has 0 radical (unpaired) electrons. The number of nitrogens with zero attached hydrogens (tertiary/aromatic N) is 1. The predicted molar refractivity (Wildman–Crippen MR) is 49.6 cm³/mol. The van der Waals surface area contributed by atoms with Crippen LogP contribution in [-0.4, -0.2) is 4.98 Å². The van der Waals surface area contributed by atoms with E-state index in [0.29, 0.717) is 0 Å². The summed E-state index contributed by atoms with van der Waals surface area (Å²) in [5.74, 6) is 0.823. The topological polar surface area (TPSA) is 39.6 Å². The van der Waals surface area contributed by atoms with Gasteiger partial charge in [0.05, 0.1) is 10.2 Å². The van der Waals surface area contributed by atoms with Gasteiger partial charge >= 0.3 is 0 Å². The lowest BCUT2D eigenvalue weighted by Gasteiger charge is -1.96. The van der Waals surface area contributed by atoms with E-state index >= 15 is 0 Å². The Balaban J connectivity index is 2.26. The fourth-order valence-electron chi connectivity index (χ4n) is 1.34. The second kappa shape index (κ2) is 2.95. The summed E-state index contributed by atoms with van der Waals surface area (Å²) in [6.45, 7) is 0. The highest BCUT2D eigenvalue weighted by atomic mass is 79.9. The smallest absolute Gasteiger partial charge is 0.101 e. The highest BCUT2D eigenvalue weighted by Crippen LogP contribution is 2.35. The van der Waals surface area contributed by atoms with Crippen molar-refractivity contribution in [2.24, 2.45) is 5.92 Å². The highest BCUT2D eigenvalue weighted by molar-refractivity contribution is 9.10. The van der Waals surface area contributed by atoms with E-state index in [1.165, 1.54) is 12.8 Å². The first kappa shape index (κ1) is 7.88. The molecule has 1 heterocycles. The average molecular weight is 225 g/mol. The number of nitriles is 1. The van der Waals surface area contributed by atoms with Gasteiger partial charge in [0.1, 0.15) is 6.07 Å². The molecular weight excluding hydrogens is 216 g/mol. The number of rotatable bonds is 2. The van der Waals surface area contributed by atoms with Crippen molar-refractivity contribution >= 4 is 15.9 Å². The molecule has 0 amide bonds. The van der Waals surface area contributed by atoms with E-state index < -0.39 is 0 Å². The summed E-state index contributed by atoms with van der Waals surface area (Å²) in [5.41, 5.74) is 1.94. The van der Waals surface area contributed by atoms with Gasteiger partial charge in [0.2, 0.25) is 0 Å². The molecule has 0 aromatic carbocycles. The van der Waals surface area contributed by atoms with E-state index in [0.717, 1.165) is 28.1 Å². The summed E-state index contributed by atoms with van der Waals surface area (Å²) >= 11 is 3.41. The van der Waals surface area contributed by atoms with Gasteiger partial charge in [-0.05, 0) is 41.1 Å². The number of nitrogens with one attached hydrogen (secondary N) is 1. The lowest BCUT2D eigenvalue weighted by Crippen LogP contribution is -1.88. The minimum atomic E-state index is 0.786. The van der Waals surface area contributed by atoms with E-state index in [1.54, 1.807) is 6.20 Å². The zero-order valence-corrected chi connectivity index (χ0v) is 8.19. The first-order valence-corrected chi connectivity index (χ1v) is 4.86. The second-order valence-electron chi connectivity index (χ2n) is 3.25. The molecule has 0 saturated heterocycles. The van der Waals surface area contributed by atoms with Gasteiger partial charge in [-0.1, -0.05) is 0 Å². The van der Waals surface area contributed by atoms with Gasteiger partial charge in [-0.3, -0.25) is 0 Å². The molecule has 1 saturated carbocycles. The van der Waals surface area contributed by atoms with Gasteiger partial charge in [0, 0.05) is 11.8 Å². The van der Waals surface area contributed by atoms with Crippen molar-refractivity contribution in [1.82, 2.24) is 4.98 Å². The molecular formula is C9H9BrN2. The zero-order chi connectivity index (χ0) is 8.55. The molecule has 1 fully saturated rings. The summed E-state index contributed by atoms with van der Waals surface area (Å²) in [4.78, 5) is 3.02. The standard InChI is InChI=1S/C9H9BrN2/c10-9-8(3-6-1-2-6)7(4-11)5-12-9/h5-6,12H,1-3H2. The largest absolute Gasteiger partial charge is 0.354 e. The summed E-state index contributed by atoms with van der Waals surface area (Å²) < 4.78 is 0.978. The fraction of sp³-hybridized carbons (Fsp3) is 0.444. The number of aromatic amines is 1. The number of hydrogen-bond acceptors (Lipinski definition) is 1. The molecule has 1 aliphatic carbocycles. The molecule has 0 atom stereocenters. The lowest BCUT2D eigenvalue weighted by atomic mass is 10.1. The highest BCUT2D eigenvalue weighted by Gasteiger charge is 2.24. The van der Waals surface area contributed by atoms with Crippen LogP contribution in [0.1, 0.15) is 24.0 Å². The minimum absolute atomic E-state index is 0.786. The van der Waals surface area contributed by atoms with Gasteiger partial charge < -0.3 is 4.98 Å². The third kappa shape index (κ3) is 1.39. The molecule has 62 valence electrons. The maximum atomic E-state index is 8.77. The number of H-pyrrole nitrogens is 1. The van der Waals surface area contributed by atoms with Crippen LogP contribution in [0.3, 0.4) is 0 Å². The van der Waals surface area contributed by atoms with Crippen molar-refractivity contribution in [2.45, 2.75) is 19.3 Å². The van der Waals surface area contributed by atoms with E-state index in [-0.39, 0.29) is 0 Å². The van der Waals surface area contributed by atoms with Crippen LogP contribution in [0, 0.1) is 17.2 Å². The summed E-state index contributed by atoms with van der Waals surface area (Å²) in [6.07, 6.45) is 5.46. The van der Waals surface area contributed by atoms with Crippen molar-refractivity contribution in [3.8, 4) is 6.07 Å². The summed E-state index contributed by atoms with van der Waals surface area (Å²) in [5, 5.41) is 8.77. The van der Waals surface area contributed by atoms with Crippen molar-refractivity contribution in [3.63, 3.8) is 0 Å². The molecule has 0 unspecified atom stereocenters. The Hall–Kier alpha value is -0.750. The number of hydrogen-bond donors (Lipinski definition) is 1.